The van der Waals surface area contributed by atoms with Crippen LogP contribution >= 0.6 is 0 Å². The summed E-state index contributed by atoms with van der Waals surface area (Å²) in [6.07, 6.45) is 2.47. The average Bonchev–Trinajstić information content (AvgIpc) is 3.01. The van der Waals surface area contributed by atoms with Gasteiger partial charge < -0.3 is 24.9 Å². The number of ether oxygens (including phenoxy) is 2. The third kappa shape index (κ3) is 5.98. The summed E-state index contributed by atoms with van der Waals surface area (Å²) in [5.41, 5.74) is 1.21. The van der Waals surface area contributed by atoms with Crippen molar-refractivity contribution in [3.63, 3.8) is 0 Å². The first-order valence-electron chi connectivity index (χ1n) is 8.51. The number of rotatable bonds is 7. The Bertz CT molecular complexity index is 810. The maximum Gasteiger partial charge on any atom is 0.434 e. The van der Waals surface area contributed by atoms with Crippen molar-refractivity contribution >= 4 is 12.0 Å². The van der Waals surface area contributed by atoms with Gasteiger partial charge >= 0.3 is 12.0 Å². The molecule has 1 amide bonds. The van der Waals surface area contributed by atoms with Crippen LogP contribution in [0.2, 0.25) is 0 Å². The van der Waals surface area contributed by atoms with Crippen LogP contribution in [-0.2, 0) is 11.3 Å². The van der Waals surface area contributed by atoms with Gasteiger partial charge in [0.15, 0.2) is 0 Å². The van der Waals surface area contributed by atoms with Gasteiger partial charge in [0, 0.05) is 0 Å². The van der Waals surface area contributed by atoms with Crippen molar-refractivity contribution in [2.24, 2.45) is 0 Å². The van der Waals surface area contributed by atoms with Gasteiger partial charge in [-0.1, -0.05) is 17.1 Å². The number of amides is 1. The highest BCUT2D eigenvalue weighted by molar-refractivity contribution is 5.67. The smallest absolute Gasteiger partial charge is 0.434 e. The van der Waals surface area contributed by atoms with Gasteiger partial charge in [0.25, 0.3) is 0 Å². The van der Waals surface area contributed by atoms with E-state index in [9.17, 15) is 14.9 Å². The van der Waals surface area contributed by atoms with Crippen LogP contribution in [0, 0.1) is 17.0 Å². The zero-order valence-electron chi connectivity index (χ0n) is 15.9. The van der Waals surface area contributed by atoms with Crippen LogP contribution in [-0.4, -0.2) is 39.3 Å². The highest BCUT2D eigenvalue weighted by Crippen LogP contribution is 2.23. The fraction of sp³-hybridized carbons (Fsp3) is 0.444. The van der Waals surface area contributed by atoms with E-state index in [1.54, 1.807) is 27.0 Å². The third-order valence-electron chi connectivity index (χ3n) is 3.62. The Morgan fingerprint density at radius 1 is 1.37 bits per heavy atom. The summed E-state index contributed by atoms with van der Waals surface area (Å²) < 4.78 is 12.3. The Hall–Kier alpha value is -3.10. The monoisotopic (exact) mass is 376 g/mol. The van der Waals surface area contributed by atoms with Crippen LogP contribution in [0.4, 0.5) is 10.7 Å². The first kappa shape index (κ1) is 20.2. The number of hydrogen-bond donors (Lipinski definition) is 1. The summed E-state index contributed by atoms with van der Waals surface area (Å²) in [7, 11) is 0. The minimum Gasteiger partial charge on any atom is -0.491 e. The van der Waals surface area contributed by atoms with E-state index in [0.29, 0.717) is 18.8 Å². The zero-order chi connectivity index (χ0) is 20.0. The van der Waals surface area contributed by atoms with E-state index in [2.05, 4.69) is 10.3 Å². The molecule has 1 aromatic carbocycles. The molecule has 0 spiro atoms. The second-order valence-corrected chi connectivity index (χ2v) is 6.93. The molecule has 27 heavy (non-hydrogen) atoms. The topological polar surface area (TPSA) is 109 Å². The number of alkyl carbamates (subject to hydrolysis) is 1. The van der Waals surface area contributed by atoms with Crippen LogP contribution in [0.1, 0.15) is 31.9 Å². The SMILES string of the molecule is Cc1c(Cn2ccnc2[N+](=O)[O-])cccc1OCCNC(=O)OC(C)(C)C. The molecule has 1 aromatic heterocycles. The van der Waals surface area contributed by atoms with Gasteiger partial charge in [-0.2, -0.15) is 0 Å². The molecule has 9 heteroatoms. The van der Waals surface area contributed by atoms with E-state index in [1.165, 1.54) is 10.8 Å². The Morgan fingerprint density at radius 3 is 2.78 bits per heavy atom. The molecule has 0 saturated heterocycles. The lowest BCUT2D eigenvalue weighted by Gasteiger charge is -2.19. The predicted molar refractivity (Wildman–Crippen MR) is 98.9 cm³/mol. The second-order valence-electron chi connectivity index (χ2n) is 6.93. The standard InChI is InChI=1S/C18H24N4O5/c1-13-14(12-21-10-8-19-16(21)22(24)25)6-5-7-15(13)26-11-9-20-17(23)27-18(2,3)4/h5-8,10H,9,11-12H2,1-4H3,(H,20,23). The number of nitro groups is 1. The van der Waals surface area contributed by atoms with Crippen molar-refractivity contribution < 1.29 is 19.2 Å². The molecule has 2 aromatic rings. The molecule has 0 fully saturated rings. The molecule has 0 aliphatic carbocycles. The summed E-state index contributed by atoms with van der Waals surface area (Å²) in [4.78, 5) is 25.8. The molecular weight excluding hydrogens is 352 g/mol. The quantitative estimate of drug-likeness (QED) is 0.452. The molecule has 2 rings (SSSR count). The van der Waals surface area contributed by atoms with Crippen LogP contribution in [0.15, 0.2) is 30.6 Å². The zero-order valence-corrected chi connectivity index (χ0v) is 15.9. The maximum atomic E-state index is 11.6. The fourth-order valence-electron chi connectivity index (χ4n) is 2.40. The number of nitrogens with zero attached hydrogens (tertiary/aromatic N) is 3. The highest BCUT2D eigenvalue weighted by atomic mass is 16.6. The first-order valence-corrected chi connectivity index (χ1v) is 8.51. The lowest BCUT2D eigenvalue weighted by Crippen LogP contribution is -2.34. The van der Waals surface area contributed by atoms with Gasteiger partial charge in [-0.25, -0.2) is 9.36 Å². The summed E-state index contributed by atoms with van der Waals surface area (Å²) in [5.74, 6) is 0.448. The van der Waals surface area contributed by atoms with Crippen molar-refractivity contribution in [2.45, 2.75) is 39.8 Å². The van der Waals surface area contributed by atoms with Crippen LogP contribution in [0.3, 0.4) is 0 Å². The number of aromatic nitrogens is 2. The molecule has 0 radical (unpaired) electrons. The maximum absolute atomic E-state index is 11.6. The molecule has 0 atom stereocenters. The third-order valence-corrected chi connectivity index (χ3v) is 3.62. The lowest BCUT2D eigenvalue weighted by molar-refractivity contribution is -0.396. The minimum atomic E-state index is -0.550. The van der Waals surface area contributed by atoms with E-state index in [1.807, 2.05) is 25.1 Å². The summed E-state index contributed by atoms with van der Waals surface area (Å²) >= 11 is 0. The number of carbonyl (C=O) groups is 1. The molecule has 0 bridgehead atoms. The molecule has 1 heterocycles. The fourth-order valence-corrected chi connectivity index (χ4v) is 2.40. The number of carbonyl (C=O) groups excluding carboxylic acids is 1. The molecule has 0 saturated carbocycles. The van der Waals surface area contributed by atoms with Crippen molar-refractivity contribution in [3.8, 4) is 5.75 Å². The Labute approximate surface area is 157 Å². The average molecular weight is 376 g/mol. The van der Waals surface area contributed by atoms with Crippen molar-refractivity contribution in [3.05, 3.63) is 51.8 Å². The first-order chi connectivity index (χ1) is 12.7. The van der Waals surface area contributed by atoms with Gasteiger partial charge in [0.1, 0.15) is 30.4 Å². The molecule has 1 N–H and O–H groups in total. The van der Waals surface area contributed by atoms with Crippen LogP contribution in [0.5, 0.6) is 5.75 Å². The lowest BCUT2D eigenvalue weighted by atomic mass is 10.1. The van der Waals surface area contributed by atoms with Crippen LogP contribution in [0.25, 0.3) is 0 Å². The molecule has 0 unspecified atom stereocenters. The van der Waals surface area contributed by atoms with Gasteiger partial charge in [-0.05, 0) is 49.8 Å². The summed E-state index contributed by atoms with van der Waals surface area (Å²) in [5, 5.41) is 13.6. The predicted octanol–water partition coefficient (Wildman–Crippen LogP) is 3.05. The number of nitrogens with one attached hydrogen (secondary N) is 1. The van der Waals surface area contributed by atoms with E-state index in [-0.39, 0.29) is 12.6 Å². The Kier molecular flexibility index (Phi) is 6.38. The number of hydrogen-bond acceptors (Lipinski definition) is 6. The minimum absolute atomic E-state index is 0.206. The highest BCUT2D eigenvalue weighted by Gasteiger charge is 2.17. The number of imidazole rings is 1. The molecule has 0 aliphatic heterocycles. The molecule has 0 aliphatic rings. The normalized spacial score (nSPS) is 11.1. The summed E-state index contributed by atoms with van der Waals surface area (Å²) in [6.45, 7) is 8.15. The van der Waals surface area contributed by atoms with Crippen LogP contribution < -0.4 is 10.1 Å². The Morgan fingerprint density at radius 2 is 2.11 bits per heavy atom. The van der Waals surface area contributed by atoms with E-state index in [0.717, 1.165) is 11.1 Å². The molecule has 9 nitrogen and oxygen atoms in total. The molecule has 146 valence electrons. The van der Waals surface area contributed by atoms with Crippen molar-refractivity contribution in [2.75, 3.05) is 13.2 Å². The van der Waals surface area contributed by atoms with Crippen molar-refractivity contribution in [1.29, 1.82) is 0 Å². The second kappa shape index (κ2) is 8.52. The van der Waals surface area contributed by atoms with Gasteiger partial charge in [0.2, 0.25) is 0 Å². The molecular formula is C18H24N4O5. The Balaban J connectivity index is 1.94. The largest absolute Gasteiger partial charge is 0.491 e. The van der Waals surface area contributed by atoms with E-state index in [4.69, 9.17) is 9.47 Å². The van der Waals surface area contributed by atoms with Gasteiger partial charge in [-0.15, -0.1) is 0 Å². The van der Waals surface area contributed by atoms with E-state index >= 15 is 0 Å². The van der Waals surface area contributed by atoms with Gasteiger partial charge in [0.05, 0.1) is 13.1 Å². The van der Waals surface area contributed by atoms with Gasteiger partial charge in [-0.3, -0.25) is 0 Å². The summed E-state index contributed by atoms with van der Waals surface area (Å²) in [6, 6.07) is 5.52. The number of benzene rings is 1. The van der Waals surface area contributed by atoms with Crippen molar-refractivity contribution in [1.82, 2.24) is 14.9 Å². The van der Waals surface area contributed by atoms with E-state index < -0.39 is 16.6 Å².